The van der Waals surface area contributed by atoms with E-state index in [1.807, 2.05) is 0 Å². The van der Waals surface area contributed by atoms with Gasteiger partial charge in [0.2, 0.25) is 0 Å². The zero-order valence-electron chi connectivity index (χ0n) is 12.8. The molecule has 1 unspecified atom stereocenters. The van der Waals surface area contributed by atoms with Crippen molar-refractivity contribution in [1.29, 1.82) is 0 Å². The molecule has 3 rings (SSSR count). The number of aliphatic hydroxyl groups is 1. The Hall–Kier alpha value is -2.25. The first-order valence-corrected chi connectivity index (χ1v) is 8.45. The number of hydrogen-bond acceptors (Lipinski definition) is 5. The Kier molecular flexibility index (Phi) is 3.91. The van der Waals surface area contributed by atoms with E-state index in [4.69, 9.17) is 9.47 Å². The van der Waals surface area contributed by atoms with Crippen molar-refractivity contribution in [3.05, 3.63) is 48.0 Å². The lowest BCUT2D eigenvalue weighted by Gasteiger charge is -2.21. The van der Waals surface area contributed by atoms with Gasteiger partial charge in [0.05, 0.1) is 32.6 Å². The van der Waals surface area contributed by atoms with E-state index in [0.717, 1.165) is 0 Å². The Morgan fingerprint density at radius 2 is 1.83 bits per heavy atom. The number of benzene rings is 2. The van der Waals surface area contributed by atoms with Crippen LogP contribution in [0, 0.1) is 0 Å². The third-order valence-electron chi connectivity index (χ3n) is 3.84. The predicted molar refractivity (Wildman–Crippen MR) is 85.5 cm³/mol. The van der Waals surface area contributed by atoms with Gasteiger partial charge in [0.15, 0.2) is 11.5 Å². The van der Waals surface area contributed by atoms with Gasteiger partial charge < -0.3 is 14.6 Å². The fraction of sp³-hybridized carbons (Fsp3) is 0.250. The lowest BCUT2D eigenvalue weighted by molar-refractivity contribution is 0.197. The zero-order chi connectivity index (χ0) is 16.6. The quantitative estimate of drug-likeness (QED) is 0.924. The number of rotatable bonds is 4. The van der Waals surface area contributed by atoms with Crippen molar-refractivity contribution in [2.24, 2.45) is 0 Å². The van der Waals surface area contributed by atoms with Crippen LogP contribution in [-0.2, 0) is 10.0 Å². The highest BCUT2D eigenvalue weighted by Gasteiger charge is 2.37. The average molecular weight is 335 g/mol. The van der Waals surface area contributed by atoms with Crippen molar-refractivity contribution in [2.75, 3.05) is 25.1 Å². The molecule has 0 radical (unpaired) electrons. The largest absolute Gasteiger partial charge is 0.493 e. The van der Waals surface area contributed by atoms with E-state index in [-0.39, 0.29) is 17.2 Å². The minimum Gasteiger partial charge on any atom is -0.493 e. The Morgan fingerprint density at radius 3 is 2.52 bits per heavy atom. The van der Waals surface area contributed by atoms with Crippen molar-refractivity contribution in [1.82, 2.24) is 0 Å². The van der Waals surface area contributed by atoms with Crippen LogP contribution in [0.1, 0.15) is 11.7 Å². The molecular weight excluding hydrogens is 318 g/mol. The molecule has 0 saturated heterocycles. The van der Waals surface area contributed by atoms with E-state index in [2.05, 4.69) is 0 Å². The fourth-order valence-electron chi connectivity index (χ4n) is 2.76. The second-order valence-electron chi connectivity index (χ2n) is 5.10. The second-order valence-corrected chi connectivity index (χ2v) is 6.93. The summed E-state index contributed by atoms with van der Waals surface area (Å²) in [5.74, 6) is 0.482. The van der Waals surface area contributed by atoms with Crippen LogP contribution in [0.15, 0.2) is 47.4 Å². The van der Waals surface area contributed by atoms with Crippen molar-refractivity contribution < 1.29 is 23.0 Å². The summed E-state index contributed by atoms with van der Waals surface area (Å²) in [5.41, 5.74) is 1.07. The van der Waals surface area contributed by atoms with Gasteiger partial charge in [0.25, 0.3) is 10.0 Å². The van der Waals surface area contributed by atoms with Crippen molar-refractivity contribution in [3.8, 4) is 11.5 Å². The fourth-order valence-corrected chi connectivity index (χ4v) is 4.43. The Balaban J connectivity index is 2.15. The van der Waals surface area contributed by atoms with E-state index in [0.29, 0.717) is 17.0 Å². The highest BCUT2D eigenvalue weighted by molar-refractivity contribution is 7.93. The minimum absolute atomic E-state index is 0.00301. The SMILES string of the molecule is COc1cccc(S(=O)(=O)N2CC(O)c3ccccc32)c1OC. The Bertz CT molecular complexity index is 834. The normalized spacial score (nSPS) is 17.0. The lowest BCUT2D eigenvalue weighted by atomic mass is 10.1. The van der Waals surface area contributed by atoms with Gasteiger partial charge in [-0.1, -0.05) is 24.3 Å². The molecule has 0 bridgehead atoms. The van der Waals surface area contributed by atoms with Crippen LogP contribution in [0.25, 0.3) is 0 Å². The predicted octanol–water partition coefficient (Wildman–Crippen LogP) is 1.95. The maximum Gasteiger partial charge on any atom is 0.268 e. The van der Waals surface area contributed by atoms with Gasteiger partial charge in [0, 0.05) is 5.56 Å². The molecule has 0 amide bonds. The number of aliphatic hydroxyl groups excluding tert-OH is 1. The summed E-state index contributed by atoms with van der Waals surface area (Å²) in [6, 6.07) is 11.6. The average Bonchev–Trinajstić information content (AvgIpc) is 2.92. The summed E-state index contributed by atoms with van der Waals surface area (Å²) >= 11 is 0. The van der Waals surface area contributed by atoms with Gasteiger partial charge in [-0.05, 0) is 18.2 Å². The molecule has 1 N–H and O–H groups in total. The highest BCUT2D eigenvalue weighted by Crippen LogP contribution is 2.41. The van der Waals surface area contributed by atoms with Gasteiger partial charge in [0.1, 0.15) is 4.90 Å². The van der Waals surface area contributed by atoms with Gasteiger partial charge in [-0.2, -0.15) is 0 Å². The molecule has 1 heterocycles. The minimum atomic E-state index is -3.89. The molecular formula is C16H17NO5S. The first-order valence-electron chi connectivity index (χ1n) is 7.01. The van der Waals surface area contributed by atoms with Gasteiger partial charge in [-0.25, -0.2) is 8.42 Å². The molecule has 6 nitrogen and oxygen atoms in total. The molecule has 1 atom stereocenters. The smallest absolute Gasteiger partial charge is 0.268 e. The lowest BCUT2D eigenvalue weighted by Crippen LogP contribution is -2.30. The molecule has 0 aliphatic carbocycles. The molecule has 23 heavy (non-hydrogen) atoms. The van der Waals surface area contributed by atoms with Gasteiger partial charge in [-0.15, -0.1) is 0 Å². The van der Waals surface area contributed by atoms with Crippen molar-refractivity contribution in [3.63, 3.8) is 0 Å². The van der Waals surface area contributed by atoms with Crippen molar-refractivity contribution >= 4 is 15.7 Å². The molecule has 122 valence electrons. The van der Waals surface area contributed by atoms with Crippen LogP contribution >= 0.6 is 0 Å². The van der Waals surface area contributed by atoms with Gasteiger partial charge in [-0.3, -0.25) is 4.31 Å². The molecule has 1 aliphatic rings. The maximum absolute atomic E-state index is 13.1. The van der Waals surface area contributed by atoms with Crippen molar-refractivity contribution in [2.45, 2.75) is 11.0 Å². The molecule has 2 aromatic carbocycles. The summed E-state index contributed by atoms with van der Waals surface area (Å²) in [4.78, 5) is 0.00301. The Labute approximate surface area is 134 Å². The van der Waals surface area contributed by atoms with Crippen LogP contribution in [-0.4, -0.2) is 34.3 Å². The summed E-state index contributed by atoms with van der Waals surface area (Å²) in [5, 5.41) is 10.1. The summed E-state index contributed by atoms with van der Waals surface area (Å²) < 4.78 is 37.7. The number of nitrogens with zero attached hydrogens (tertiary/aromatic N) is 1. The number of fused-ring (bicyclic) bond motifs is 1. The molecule has 7 heteroatoms. The van der Waals surface area contributed by atoms with E-state index < -0.39 is 16.1 Å². The maximum atomic E-state index is 13.1. The molecule has 0 aromatic heterocycles. The van der Waals surface area contributed by atoms with Crippen LogP contribution in [0.5, 0.6) is 11.5 Å². The number of methoxy groups -OCH3 is 2. The van der Waals surface area contributed by atoms with Crippen LogP contribution in [0.2, 0.25) is 0 Å². The Morgan fingerprint density at radius 1 is 1.09 bits per heavy atom. The monoisotopic (exact) mass is 335 g/mol. The number of anilines is 1. The molecule has 0 saturated carbocycles. The van der Waals surface area contributed by atoms with Crippen LogP contribution in [0.4, 0.5) is 5.69 Å². The molecule has 1 aliphatic heterocycles. The number of ether oxygens (including phenoxy) is 2. The van der Waals surface area contributed by atoms with Crippen LogP contribution < -0.4 is 13.8 Å². The van der Waals surface area contributed by atoms with Gasteiger partial charge >= 0.3 is 0 Å². The second kappa shape index (κ2) is 5.75. The molecule has 0 fully saturated rings. The number of sulfonamides is 1. The van der Waals surface area contributed by atoms with E-state index >= 15 is 0 Å². The zero-order valence-corrected chi connectivity index (χ0v) is 13.6. The first-order chi connectivity index (χ1) is 11.0. The number of para-hydroxylation sites is 2. The third kappa shape index (κ3) is 2.42. The molecule has 0 spiro atoms. The highest BCUT2D eigenvalue weighted by atomic mass is 32.2. The summed E-state index contributed by atoms with van der Waals surface area (Å²) in [7, 11) is -1.05. The number of hydrogen-bond donors (Lipinski definition) is 1. The standard InChI is InChI=1S/C16H17NO5S/c1-21-14-8-5-9-15(16(14)22-2)23(19,20)17-10-13(18)11-6-3-4-7-12(11)17/h3-9,13,18H,10H2,1-2H3. The topological polar surface area (TPSA) is 76.1 Å². The van der Waals surface area contributed by atoms with E-state index in [1.54, 1.807) is 36.4 Å². The molecule has 2 aromatic rings. The summed E-state index contributed by atoms with van der Waals surface area (Å²) in [6.07, 6.45) is -0.849. The summed E-state index contributed by atoms with van der Waals surface area (Å²) in [6.45, 7) is -0.0257. The first kappa shape index (κ1) is 15.6. The number of β-amino-alcohol motifs (C(OH)–C–C–N with tert-alkyl or cyclic N) is 1. The van der Waals surface area contributed by atoms with Crippen LogP contribution in [0.3, 0.4) is 0 Å². The third-order valence-corrected chi connectivity index (χ3v) is 5.64. The van der Waals surface area contributed by atoms with E-state index in [9.17, 15) is 13.5 Å². The van der Waals surface area contributed by atoms with E-state index in [1.165, 1.54) is 24.6 Å².